The molecule has 0 radical (unpaired) electrons. The fourth-order valence-corrected chi connectivity index (χ4v) is 2.56. The van der Waals surface area contributed by atoms with Crippen LogP contribution in [0, 0.1) is 5.82 Å². The van der Waals surface area contributed by atoms with E-state index in [0.29, 0.717) is 17.9 Å². The SMILES string of the molecule is CCCCc1nccn1Cc1cn(-c2ccc(F)c(C(F)F)c2)nn1. The summed E-state index contributed by atoms with van der Waals surface area (Å²) < 4.78 is 42.4. The molecule has 0 unspecified atom stereocenters. The van der Waals surface area contributed by atoms with Crippen LogP contribution < -0.4 is 0 Å². The summed E-state index contributed by atoms with van der Waals surface area (Å²) in [6.45, 7) is 2.61. The fraction of sp³-hybridized carbons (Fsp3) is 0.353. The molecular formula is C17H18F3N5. The van der Waals surface area contributed by atoms with E-state index in [4.69, 9.17) is 0 Å². The molecule has 0 saturated carbocycles. The van der Waals surface area contributed by atoms with Crippen molar-refractivity contribution in [2.45, 2.75) is 39.2 Å². The van der Waals surface area contributed by atoms with E-state index in [-0.39, 0.29) is 0 Å². The van der Waals surface area contributed by atoms with Gasteiger partial charge in [0, 0.05) is 18.8 Å². The van der Waals surface area contributed by atoms with E-state index < -0.39 is 17.8 Å². The van der Waals surface area contributed by atoms with Crippen LogP contribution in [0.15, 0.2) is 36.8 Å². The molecule has 3 rings (SSSR count). The van der Waals surface area contributed by atoms with Crippen molar-refractivity contribution in [3.8, 4) is 5.69 Å². The zero-order valence-electron chi connectivity index (χ0n) is 13.7. The molecule has 0 spiro atoms. The van der Waals surface area contributed by atoms with Crippen molar-refractivity contribution >= 4 is 0 Å². The van der Waals surface area contributed by atoms with Crippen LogP contribution in [0.2, 0.25) is 0 Å². The molecule has 8 heteroatoms. The van der Waals surface area contributed by atoms with Crippen molar-refractivity contribution in [1.82, 2.24) is 24.5 Å². The normalized spacial score (nSPS) is 11.4. The average Bonchev–Trinajstić information content (AvgIpc) is 3.23. The number of aromatic nitrogens is 5. The van der Waals surface area contributed by atoms with E-state index in [1.54, 1.807) is 12.4 Å². The number of hydrogen-bond acceptors (Lipinski definition) is 3. The quantitative estimate of drug-likeness (QED) is 0.649. The van der Waals surface area contributed by atoms with Crippen LogP contribution in [-0.2, 0) is 13.0 Å². The fourth-order valence-electron chi connectivity index (χ4n) is 2.56. The highest BCUT2D eigenvalue weighted by Gasteiger charge is 2.15. The third-order valence-corrected chi connectivity index (χ3v) is 3.91. The Morgan fingerprint density at radius 1 is 1.24 bits per heavy atom. The maximum absolute atomic E-state index is 13.4. The van der Waals surface area contributed by atoms with Gasteiger partial charge in [-0.3, -0.25) is 0 Å². The molecule has 0 atom stereocenters. The standard InChI is InChI=1S/C17H18F3N5/c1-2-3-4-16-21-7-8-24(16)10-12-11-25(23-22-12)13-5-6-15(18)14(9-13)17(19)20/h5-9,11,17H,2-4,10H2,1H3. The number of imidazole rings is 1. The van der Waals surface area contributed by atoms with Crippen LogP contribution in [0.3, 0.4) is 0 Å². The van der Waals surface area contributed by atoms with Crippen molar-refractivity contribution in [1.29, 1.82) is 0 Å². The first kappa shape index (κ1) is 17.2. The third kappa shape index (κ3) is 3.89. The second kappa shape index (κ2) is 7.50. The van der Waals surface area contributed by atoms with Gasteiger partial charge in [-0.05, 0) is 24.6 Å². The predicted octanol–water partition coefficient (Wildman–Crippen LogP) is 3.93. The number of hydrogen-bond donors (Lipinski definition) is 0. The van der Waals surface area contributed by atoms with E-state index in [1.165, 1.54) is 10.7 Å². The van der Waals surface area contributed by atoms with Crippen molar-refractivity contribution in [2.24, 2.45) is 0 Å². The lowest BCUT2D eigenvalue weighted by Gasteiger charge is -2.06. The van der Waals surface area contributed by atoms with Crippen molar-refractivity contribution in [3.63, 3.8) is 0 Å². The smallest absolute Gasteiger partial charge is 0.266 e. The Labute approximate surface area is 143 Å². The van der Waals surface area contributed by atoms with Gasteiger partial charge in [0.25, 0.3) is 6.43 Å². The minimum absolute atomic E-state index is 0.340. The van der Waals surface area contributed by atoms with Crippen LogP contribution in [0.25, 0.3) is 5.69 Å². The topological polar surface area (TPSA) is 48.5 Å². The third-order valence-electron chi connectivity index (χ3n) is 3.91. The monoisotopic (exact) mass is 349 g/mol. The Hall–Kier alpha value is -2.64. The molecule has 0 amide bonds. The van der Waals surface area contributed by atoms with Gasteiger partial charge >= 0.3 is 0 Å². The van der Waals surface area contributed by atoms with Gasteiger partial charge < -0.3 is 4.57 Å². The van der Waals surface area contributed by atoms with E-state index in [1.807, 2.05) is 10.8 Å². The van der Waals surface area contributed by atoms with E-state index in [2.05, 4.69) is 22.2 Å². The van der Waals surface area contributed by atoms with Crippen molar-refractivity contribution in [2.75, 3.05) is 0 Å². The number of rotatable bonds is 7. The van der Waals surface area contributed by atoms with Gasteiger partial charge in [-0.15, -0.1) is 5.10 Å². The number of unbranched alkanes of at least 4 members (excludes halogenated alkanes) is 1. The van der Waals surface area contributed by atoms with Crippen molar-refractivity contribution in [3.05, 3.63) is 59.7 Å². The molecule has 0 N–H and O–H groups in total. The van der Waals surface area contributed by atoms with Crippen LogP contribution in [0.5, 0.6) is 0 Å². The zero-order chi connectivity index (χ0) is 17.8. The summed E-state index contributed by atoms with van der Waals surface area (Å²) in [7, 11) is 0. The Morgan fingerprint density at radius 3 is 2.84 bits per heavy atom. The number of aryl methyl sites for hydroxylation is 1. The molecule has 2 heterocycles. The van der Waals surface area contributed by atoms with Crippen LogP contribution >= 0.6 is 0 Å². The first-order valence-electron chi connectivity index (χ1n) is 8.07. The summed E-state index contributed by atoms with van der Waals surface area (Å²) in [6.07, 6.45) is 5.39. The first-order valence-corrected chi connectivity index (χ1v) is 8.07. The Morgan fingerprint density at radius 2 is 2.08 bits per heavy atom. The Bertz CT molecular complexity index is 840. The van der Waals surface area contributed by atoms with Crippen molar-refractivity contribution < 1.29 is 13.2 Å². The summed E-state index contributed by atoms with van der Waals surface area (Å²) in [4.78, 5) is 4.34. The highest BCUT2D eigenvalue weighted by molar-refractivity contribution is 5.36. The second-order valence-electron chi connectivity index (χ2n) is 5.74. The Balaban J connectivity index is 1.79. The summed E-state index contributed by atoms with van der Waals surface area (Å²) in [5.74, 6) is 0.0382. The van der Waals surface area contributed by atoms with Gasteiger partial charge in [0.1, 0.15) is 17.3 Å². The molecule has 0 bridgehead atoms. The predicted molar refractivity (Wildman–Crippen MR) is 86.2 cm³/mol. The van der Waals surface area contributed by atoms with Gasteiger partial charge in [-0.2, -0.15) is 0 Å². The molecule has 25 heavy (non-hydrogen) atoms. The summed E-state index contributed by atoms with van der Waals surface area (Å²) in [5, 5.41) is 8.02. The zero-order valence-corrected chi connectivity index (χ0v) is 13.7. The molecule has 0 fully saturated rings. The number of benzene rings is 1. The molecule has 1 aromatic carbocycles. The molecule has 5 nitrogen and oxygen atoms in total. The molecule has 0 aliphatic carbocycles. The molecular weight excluding hydrogens is 331 g/mol. The van der Waals surface area contributed by atoms with Gasteiger partial charge in [0.15, 0.2) is 0 Å². The van der Waals surface area contributed by atoms with Gasteiger partial charge in [0.05, 0.1) is 24.0 Å². The lowest BCUT2D eigenvalue weighted by Crippen LogP contribution is -2.04. The average molecular weight is 349 g/mol. The summed E-state index contributed by atoms with van der Waals surface area (Å²) in [5.41, 5.74) is 0.358. The second-order valence-corrected chi connectivity index (χ2v) is 5.74. The van der Waals surface area contributed by atoms with E-state index in [0.717, 1.165) is 37.2 Å². The minimum Gasteiger partial charge on any atom is -0.329 e. The van der Waals surface area contributed by atoms with Crippen LogP contribution in [-0.4, -0.2) is 24.5 Å². The molecule has 0 aliphatic heterocycles. The molecule has 0 aliphatic rings. The van der Waals surface area contributed by atoms with Gasteiger partial charge in [-0.1, -0.05) is 18.6 Å². The summed E-state index contributed by atoms with van der Waals surface area (Å²) >= 11 is 0. The molecule has 0 saturated heterocycles. The number of nitrogens with zero attached hydrogens (tertiary/aromatic N) is 5. The van der Waals surface area contributed by atoms with E-state index in [9.17, 15) is 13.2 Å². The largest absolute Gasteiger partial charge is 0.329 e. The molecule has 3 aromatic rings. The minimum atomic E-state index is -2.88. The maximum atomic E-state index is 13.4. The lowest BCUT2D eigenvalue weighted by atomic mass is 10.2. The van der Waals surface area contributed by atoms with Gasteiger partial charge in [-0.25, -0.2) is 22.8 Å². The number of alkyl halides is 2. The van der Waals surface area contributed by atoms with Gasteiger partial charge in [0.2, 0.25) is 0 Å². The Kier molecular flexibility index (Phi) is 5.16. The molecule has 2 aromatic heterocycles. The molecule has 132 valence electrons. The van der Waals surface area contributed by atoms with E-state index >= 15 is 0 Å². The van der Waals surface area contributed by atoms with Crippen LogP contribution in [0.4, 0.5) is 13.2 Å². The first-order chi connectivity index (χ1) is 12.1. The highest BCUT2D eigenvalue weighted by atomic mass is 19.3. The highest BCUT2D eigenvalue weighted by Crippen LogP contribution is 2.24. The maximum Gasteiger partial charge on any atom is 0.266 e. The lowest BCUT2D eigenvalue weighted by molar-refractivity contribution is 0.146. The number of halogens is 3. The summed E-state index contributed by atoms with van der Waals surface area (Å²) in [6, 6.07) is 3.49. The van der Waals surface area contributed by atoms with Crippen LogP contribution in [0.1, 0.15) is 43.3 Å².